The summed E-state index contributed by atoms with van der Waals surface area (Å²) >= 11 is 1.10. The zero-order chi connectivity index (χ0) is 24.5. The molecule has 0 bridgehead atoms. The number of carboxylic acid groups (broad SMARTS) is 1. The molecule has 1 fully saturated rings. The van der Waals surface area contributed by atoms with Gasteiger partial charge in [-0.1, -0.05) is 55.5 Å². The second kappa shape index (κ2) is 9.50. The largest absolute Gasteiger partial charge is 0.480 e. The highest BCUT2D eigenvalue weighted by molar-refractivity contribution is 7.14. The number of hydrogen-bond acceptors (Lipinski definition) is 6. The number of anilines is 1. The molecular formula is C26H25N3O5S. The fourth-order valence-corrected chi connectivity index (χ4v) is 5.76. The van der Waals surface area contributed by atoms with Gasteiger partial charge in [-0.15, -0.1) is 11.3 Å². The van der Waals surface area contributed by atoms with Crippen molar-refractivity contribution in [2.24, 2.45) is 5.92 Å². The maximum atomic E-state index is 13.0. The number of piperidine rings is 1. The first kappa shape index (κ1) is 23.0. The van der Waals surface area contributed by atoms with Crippen molar-refractivity contribution in [3.8, 4) is 11.1 Å². The fourth-order valence-electron chi connectivity index (χ4n) is 5.09. The predicted octanol–water partition coefficient (Wildman–Crippen LogP) is 4.83. The molecule has 1 aliphatic heterocycles. The van der Waals surface area contributed by atoms with Crippen molar-refractivity contribution in [2.45, 2.75) is 31.7 Å². The average molecular weight is 492 g/mol. The Morgan fingerprint density at radius 3 is 2.43 bits per heavy atom. The second-order valence-corrected chi connectivity index (χ2v) is 9.75. The smallest absolute Gasteiger partial charge is 0.413 e. The van der Waals surface area contributed by atoms with Gasteiger partial charge in [0.05, 0.1) is 0 Å². The van der Waals surface area contributed by atoms with Gasteiger partial charge in [-0.3, -0.25) is 10.1 Å². The highest BCUT2D eigenvalue weighted by Crippen LogP contribution is 2.44. The van der Waals surface area contributed by atoms with Gasteiger partial charge in [0.2, 0.25) is 0 Å². The summed E-state index contributed by atoms with van der Waals surface area (Å²) in [6.45, 7) is 2.37. The van der Waals surface area contributed by atoms with Gasteiger partial charge in [0.25, 0.3) is 5.91 Å². The van der Waals surface area contributed by atoms with Crippen molar-refractivity contribution in [3.05, 3.63) is 70.7 Å². The molecule has 0 saturated carbocycles. The van der Waals surface area contributed by atoms with Crippen LogP contribution in [0.2, 0.25) is 0 Å². The third-order valence-electron chi connectivity index (χ3n) is 6.72. The van der Waals surface area contributed by atoms with E-state index in [1.165, 1.54) is 10.3 Å². The molecule has 2 aromatic carbocycles. The number of rotatable bonds is 5. The zero-order valence-electron chi connectivity index (χ0n) is 19.1. The maximum absolute atomic E-state index is 13.0. The van der Waals surface area contributed by atoms with Crippen molar-refractivity contribution >= 4 is 34.4 Å². The molecular weight excluding hydrogens is 466 g/mol. The molecule has 2 aliphatic rings. The molecule has 1 aliphatic carbocycles. The van der Waals surface area contributed by atoms with Crippen LogP contribution >= 0.6 is 11.3 Å². The Balaban J connectivity index is 1.23. The summed E-state index contributed by atoms with van der Waals surface area (Å²) in [5, 5.41) is 13.9. The van der Waals surface area contributed by atoms with Gasteiger partial charge < -0.3 is 14.7 Å². The quantitative estimate of drug-likeness (QED) is 0.529. The Hall–Kier alpha value is -3.72. The van der Waals surface area contributed by atoms with Gasteiger partial charge in [0.15, 0.2) is 5.13 Å². The molecule has 0 spiro atoms. The Labute approximate surface area is 206 Å². The minimum atomic E-state index is -1.02. The predicted molar refractivity (Wildman–Crippen MR) is 132 cm³/mol. The van der Waals surface area contributed by atoms with E-state index < -0.39 is 24.0 Å². The topological polar surface area (TPSA) is 109 Å². The van der Waals surface area contributed by atoms with Gasteiger partial charge >= 0.3 is 12.1 Å². The molecule has 9 heteroatoms. The number of ether oxygens (including phenoxy) is 1. The van der Waals surface area contributed by atoms with E-state index in [2.05, 4.69) is 22.4 Å². The maximum Gasteiger partial charge on any atom is 0.413 e. The number of aliphatic carboxylic acids is 1. The lowest BCUT2D eigenvalue weighted by molar-refractivity contribution is -0.145. The van der Waals surface area contributed by atoms with Gasteiger partial charge in [-0.2, -0.15) is 0 Å². The first-order chi connectivity index (χ1) is 16.9. The molecule has 2 amide bonds. The number of amides is 2. The summed E-state index contributed by atoms with van der Waals surface area (Å²) in [6.07, 6.45) is 0.841. The van der Waals surface area contributed by atoms with E-state index in [9.17, 15) is 19.5 Å². The third-order valence-corrected chi connectivity index (χ3v) is 7.48. The van der Waals surface area contributed by atoms with Crippen LogP contribution in [0.15, 0.2) is 53.9 Å². The number of likely N-dealkylation sites (tertiary alicyclic amines) is 1. The molecule has 0 radical (unpaired) electrons. The van der Waals surface area contributed by atoms with E-state index in [1.54, 1.807) is 0 Å². The lowest BCUT2D eigenvalue weighted by atomic mass is 9.90. The number of thiazole rings is 1. The SMILES string of the molecule is CC1CCCN(C(=O)c2csc(NC(=O)OCC3c4ccccc4-c4ccccc43)n2)C1C(=O)O. The Bertz CT molecular complexity index is 1240. The lowest BCUT2D eigenvalue weighted by Gasteiger charge is -2.36. The average Bonchev–Trinajstić information content (AvgIpc) is 3.44. The van der Waals surface area contributed by atoms with Gasteiger partial charge in [-0.05, 0) is 41.0 Å². The van der Waals surface area contributed by atoms with Crippen LogP contribution in [0.4, 0.5) is 9.93 Å². The third kappa shape index (κ3) is 4.39. The minimum absolute atomic E-state index is 0.0596. The van der Waals surface area contributed by atoms with E-state index in [-0.39, 0.29) is 29.3 Å². The summed E-state index contributed by atoms with van der Waals surface area (Å²) in [5.41, 5.74) is 4.64. The lowest BCUT2D eigenvalue weighted by Crippen LogP contribution is -2.52. The zero-order valence-corrected chi connectivity index (χ0v) is 20.0. The Kier molecular flexibility index (Phi) is 6.25. The van der Waals surface area contributed by atoms with E-state index in [1.807, 2.05) is 43.3 Å². The number of carboxylic acids is 1. The van der Waals surface area contributed by atoms with Crippen LogP contribution < -0.4 is 5.32 Å². The van der Waals surface area contributed by atoms with Crippen LogP contribution in [0, 0.1) is 5.92 Å². The number of benzene rings is 2. The summed E-state index contributed by atoms with van der Waals surface area (Å²) in [5.74, 6) is -1.66. The second-order valence-electron chi connectivity index (χ2n) is 8.89. The normalized spacial score (nSPS) is 19.1. The molecule has 2 heterocycles. The fraction of sp³-hybridized carbons (Fsp3) is 0.308. The van der Waals surface area contributed by atoms with E-state index in [0.717, 1.165) is 46.4 Å². The number of nitrogens with zero attached hydrogens (tertiary/aromatic N) is 2. The number of nitrogens with one attached hydrogen (secondary N) is 1. The molecule has 8 nitrogen and oxygen atoms in total. The first-order valence-electron chi connectivity index (χ1n) is 11.6. The molecule has 1 aromatic heterocycles. The Morgan fingerprint density at radius 1 is 1.11 bits per heavy atom. The minimum Gasteiger partial charge on any atom is -0.480 e. The van der Waals surface area contributed by atoms with Gasteiger partial charge in [-0.25, -0.2) is 14.6 Å². The molecule has 3 aromatic rings. The van der Waals surface area contributed by atoms with Crippen LogP contribution in [0.25, 0.3) is 11.1 Å². The van der Waals surface area contributed by atoms with Gasteiger partial charge in [0.1, 0.15) is 18.3 Å². The van der Waals surface area contributed by atoms with Crippen LogP contribution in [0.5, 0.6) is 0 Å². The van der Waals surface area contributed by atoms with Gasteiger partial charge in [0, 0.05) is 17.8 Å². The highest BCUT2D eigenvalue weighted by atomic mass is 32.1. The van der Waals surface area contributed by atoms with Crippen LogP contribution in [-0.2, 0) is 9.53 Å². The van der Waals surface area contributed by atoms with Crippen molar-refractivity contribution in [1.82, 2.24) is 9.88 Å². The van der Waals surface area contributed by atoms with Crippen molar-refractivity contribution in [2.75, 3.05) is 18.5 Å². The van der Waals surface area contributed by atoms with E-state index in [0.29, 0.717) is 6.54 Å². The van der Waals surface area contributed by atoms with Crippen LogP contribution in [0.1, 0.15) is 47.3 Å². The van der Waals surface area contributed by atoms with Crippen LogP contribution in [0.3, 0.4) is 0 Å². The number of hydrogen-bond donors (Lipinski definition) is 2. The number of carbonyl (C=O) groups excluding carboxylic acids is 2. The monoisotopic (exact) mass is 491 g/mol. The molecule has 5 rings (SSSR count). The van der Waals surface area contributed by atoms with E-state index >= 15 is 0 Å². The summed E-state index contributed by atoms with van der Waals surface area (Å²) in [7, 11) is 0. The summed E-state index contributed by atoms with van der Waals surface area (Å²) < 4.78 is 5.54. The first-order valence-corrected chi connectivity index (χ1v) is 12.4. The summed E-state index contributed by atoms with van der Waals surface area (Å²) in [6, 6.07) is 15.3. The Morgan fingerprint density at radius 2 is 1.77 bits per heavy atom. The number of carbonyl (C=O) groups is 3. The standard InChI is InChI=1S/C26H25N3O5S/c1-15-7-6-12-29(22(15)24(31)32)23(30)21-14-35-25(27-21)28-26(33)34-13-20-18-10-4-2-8-16(18)17-9-3-5-11-19(17)20/h2-5,8-11,14-15,20,22H,6-7,12-13H2,1H3,(H,31,32)(H,27,28,33). The van der Waals surface area contributed by atoms with Crippen molar-refractivity contribution < 1.29 is 24.2 Å². The van der Waals surface area contributed by atoms with Crippen LogP contribution in [-0.4, -0.2) is 52.2 Å². The van der Waals surface area contributed by atoms with Crippen molar-refractivity contribution in [1.29, 1.82) is 0 Å². The molecule has 2 unspecified atom stereocenters. The molecule has 1 saturated heterocycles. The van der Waals surface area contributed by atoms with Crippen molar-refractivity contribution in [3.63, 3.8) is 0 Å². The molecule has 35 heavy (non-hydrogen) atoms. The van der Waals surface area contributed by atoms with E-state index in [4.69, 9.17) is 4.74 Å². The number of fused-ring (bicyclic) bond motifs is 3. The summed E-state index contributed by atoms with van der Waals surface area (Å²) in [4.78, 5) is 42.8. The molecule has 2 N–H and O–H groups in total. The highest BCUT2D eigenvalue weighted by Gasteiger charge is 2.38. The molecule has 2 atom stereocenters. The molecule has 180 valence electrons. The number of aromatic nitrogens is 1.